The Kier molecular flexibility index (Phi) is 4.83. The first-order chi connectivity index (χ1) is 16.6. The van der Waals surface area contributed by atoms with E-state index in [1.54, 1.807) is 0 Å². The summed E-state index contributed by atoms with van der Waals surface area (Å²) < 4.78 is 2.22. The molecule has 0 amide bonds. The number of hydrogen-bond acceptors (Lipinski definition) is 5. The lowest BCUT2D eigenvalue weighted by molar-refractivity contribution is 0.881. The van der Waals surface area contributed by atoms with Crippen LogP contribution in [0.15, 0.2) is 48.5 Å². The van der Waals surface area contributed by atoms with Gasteiger partial charge in [-0.25, -0.2) is 9.97 Å². The van der Waals surface area contributed by atoms with Gasteiger partial charge in [0.05, 0.1) is 0 Å². The predicted octanol–water partition coefficient (Wildman–Crippen LogP) is 4.80. The molecule has 0 aliphatic heterocycles. The van der Waals surface area contributed by atoms with Crippen LogP contribution < -0.4 is 0 Å². The first-order valence-corrected chi connectivity index (χ1v) is 11.6. The number of fused-ring (bicyclic) bond motifs is 3. The van der Waals surface area contributed by atoms with Crippen LogP contribution in [-0.4, -0.2) is 35.2 Å². The zero-order valence-electron chi connectivity index (χ0n) is 19.5. The number of rotatable bonds is 3. The smallest absolute Gasteiger partial charge is 0.198 e. The van der Waals surface area contributed by atoms with Crippen LogP contribution in [0.1, 0.15) is 52.1 Å². The molecule has 0 bridgehead atoms. The Hall–Kier alpha value is -4.13. The Morgan fingerprint density at radius 1 is 0.971 bits per heavy atom. The van der Waals surface area contributed by atoms with E-state index >= 15 is 0 Å². The number of aromatic amines is 1. The van der Waals surface area contributed by atoms with E-state index in [0.717, 1.165) is 58.8 Å². The molecule has 3 aromatic heterocycles. The normalized spacial score (nSPS) is 14.3. The second-order valence-corrected chi connectivity index (χ2v) is 8.80. The maximum absolute atomic E-state index is 4.94. The predicted molar refractivity (Wildman–Crippen MR) is 133 cm³/mol. The van der Waals surface area contributed by atoms with Crippen LogP contribution in [0.2, 0.25) is 0 Å². The molecule has 34 heavy (non-hydrogen) atoms. The van der Waals surface area contributed by atoms with E-state index < -0.39 is 0 Å². The lowest BCUT2D eigenvalue weighted by Gasteiger charge is -2.14. The second-order valence-electron chi connectivity index (χ2n) is 8.80. The summed E-state index contributed by atoms with van der Waals surface area (Å²) in [5.74, 6) is 1.60. The summed E-state index contributed by atoms with van der Waals surface area (Å²) in [6, 6.07) is 17.4. The van der Waals surface area contributed by atoms with E-state index in [-0.39, 0.29) is 0 Å². The van der Waals surface area contributed by atoms with Gasteiger partial charge in [-0.1, -0.05) is 37.3 Å². The fraction of sp³-hybridized carbons (Fsp3) is 0.222. The standard InChI is InChI=1S/C27H25N7/c1-4-25-29-26-16(2)13-17(3)28-27(26)34(25)20-11-12-22-19(14-20)10-9-18-7-5-6-8-21(18)23(22)15-24-30-32-33-31-24/h5-8,11-15H,4,9-10H2,1-3H3,(H,30,31,32,33)/b23-15+. The summed E-state index contributed by atoms with van der Waals surface area (Å²) >= 11 is 0. The topological polar surface area (TPSA) is 85.2 Å². The zero-order valence-corrected chi connectivity index (χ0v) is 19.5. The van der Waals surface area contributed by atoms with Gasteiger partial charge in [0.25, 0.3) is 0 Å². The third kappa shape index (κ3) is 3.32. The van der Waals surface area contributed by atoms with Gasteiger partial charge in [-0.15, -0.1) is 10.2 Å². The van der Waals surface area contributed by atoms with Gasteiger partial charge < -0.3 is 0 Å². The zero-order chi connectivity index (χ0) is 23.2. The number of nitrogens with one attached hydrogen (secondary N) is 1. The summed E-state index contributed by atoms with van der Waals surface area (Å²) in [4.78, 5) is 9.81. The van der Waals surface area contributed by atoms with Crippen molar-refractivity contribution >= 4 is 22.8 Å². The van der Waals surface area contributed by atoms with Crippen molar-refractivity contribution in [2.75, 3.05) is 0 Å². The van der Waals surface area contributed by atoms with Crippen molar-refractivity contribution in [3.05, 3.63) is 93.7 Å². The molecule has 7 nitrogen and oxygen atoms in total. The van der Waals surface area contributed by atoms with Gasteiger partial charge in [-0.3, -0.25) is 4.57 Å². The largest absolute Gasteiger partial charge is 0.281 e. The molecule has 0 saturated heterocycles. The van der Waals surface area contributed by atoms with Crippen LogP contribution in [0.4, 0.5) is 0 Å². The van der Waals surface area contributed by atoms with Gasteiger partial charge in [-0.2, -0.15) is 5.21 Å². The van der Waals surface area contributed by atoms with Gasteiger partial charge in [0.2, 0.25) is 0 Å². The number of benzene rings is 2. The highest BCUT2D eigenvalue weighted by atomic mass is 15.5. The summed E-state index contributed by atoms with van der Waals surface area (Å²) in [5.41, 5.74) is 11.3. The Bertz CT molecular complexity index is 1560. The summed E-state index contributed by atoms with van der Waals surface area (Å²) in [6.07, 6.45) is 4.77. The maximum atomic E-state index is 4.94. The first kappa shape index (κ1) is 20.5. The van der Waals surface area contributed by atoms with Gasteiger partial charge in [0.1, 0.15) is 11.3 Å². The number of nitrogens with zero attached hydrogens (tertiary/aromatic N) is 6. The average Bonchev–Trinajstić information content (AvgIpc) is 3.46. The molecular formula is C27H25N7. The molecule has 2 aromatic carbocycles. The summed E-state index contributed by atoms with van der Waals surface area (Å²) in [5, 5.41) is 14.6. The van der Waals surface area contributed by atoms with Gasteiger partial charge in [0.15, 0.2) is 11.5 Å². The molecule has 0 atom stereocenters. The number of H-pyrrole nitrogens is 1. The highest BCUT2D eigenvalue weighted by molar-refractivity contribution is 5.93. The van der Waals surface area contributed by atoms with Gasteiger partial charge in [-0.05, 0) is 89.6 Å². The molecule has 0 radical (unpaired) electrons. The Balaban J connectivity index is 1.56. The van der Waals surface area contributed by atoms with E-state index in [4.69, 9.17) is 9.97 Å². The van der Waals surface area contributed by atoms with Crippen LogP contribution in [0, 0.1) is 13.8 Å². The van der Waals surface area contributed by atoms with Crippen LogP contribution in [0.25, 0.3) is 28.5 Å². The SMILES string of the molecule is CCc1nc2c(C)cc(C)nc2n1-c1ccc2c(c1)CCc1ccccc1/C2=C\c1nn[nH]n1. The number of aromatic nitrogens is 7. The van der Waals surface area contributed by atoms with Gasteiger partial charge >= 0.3 is 0 Å². The third-order valence-electron chi connectivity index (χ3n) is 6.56. The van der Waals surface area contributed by atoms with Crippen LogP contribution in [-0.2, 0) is 19.3 Å². The van der Waals surface area contributed by atoms with Crippen molar-refractivity contribution in [1.29, 1.82) is 0 Å². The quantitative estimate of drug-likeness (QED) is 0.429. The minimum Gasteiger partial charge on any atom is -0.281 e. The lowest BCUT2D eigenvalue weighted by atomic mass is 9.93. The summed E-state index contributed by atoms with van der Waals surface area (Å²) in [6.45, 7) is 6.29. The van der Waals surface area contributed by atoms with Crippen molar-refractivity contribution in [3.8, 4) is 5.69 Å². The molecule has 5 aromatic rings. The number of aryl methyl sites for hydroxylation is 5. The van der Waals surface area contributed by atoms with E-state index in [1.807, 2.05) is 13.0 Å². The van der Waals surface area contributed by atoms with Crippen molar-refractivity contribution in [1.82, 2.24) is 35.2 Å². The fourth-order valence-electron chi connectivity index (χ4n) is 5.03. The molecule has 3 heterocycles. The number of tetrazole rings is 1. The third-order valence-corrected chi connectivity index (χ3v) is 6.56. The minimum atomic E-state index is 0.575. The Labute approximate surface area is 197 Å². The molecule has 1 aliphatic carbocycles. The molecule has 0 unspecified atom stereocenters. The Morgan fingerprint density at radius 3 is 2.62 bits per heavy atom. The minimum absolute atomic E-state index is 0.575. The second kappa shape index (κ2) is 8.02. The van der Waals surface area contributed by atoms with E-state index in [0.29, 0.717) is 5.82 Å². The molecule has 0 fully saturated rings. The lowest BCUT2D eigenvalue weighted by Crippen LogP contribution is -2.04. The molecule has 1 aliphatic rings. The van der Waals surface area contributed by atoms with E-state index in [9.17, 15) is 0 Å². The monoisotopic (exact) mass is 447 g/mol. The Morgan fingerprint density at radius 2 is 1.79 bits per heavy atom. The number of imidazole rings is 1. The van der Waals surface area contributed by atoms with Crippen LogP contribution in [0.5, 0.6) is 0 Å². The molecule has 7 heteroatoms. The number of hydrogen-bond donors (Lipinski definition) is 1. The highest BCUT2D eigenvalue weighted by Gasteiger charge is 2.21. The van der Waals surface area contributed by atoms with E-state index in [2.05, 4.69) is 87.6 Å². The average molecular weight is 448 g/mol. The highest BCUT2D eigenvalue weighted by Crippen LogP contribution is 2.36. The first-order valence-electron chi connectivity index (χ1n) is 11.6. The molecule has 0 spiro atoms. The molecule has 6 rings (SSSR count). The van der Waals surface area contributed by atoms with Crippen molar-refractivity contribution in [3.63, 3.8) is 0 Å². The van der Waals surface area contributed by atoms with E-state index in [1.165, 1.54) is 22.3 Å². The van der Waals surface area contributed by atoms with Gasteiger partial charge in [0, 0.05) is 17.8 Å². The van der Waals surface area contributed by atoms with Crippen molar-refractivity contribution in [2.24, 2.45) is 0 Å². The number of pyridine rings is 1. The van der Waals surface area contributed by atoms with Crippen LogP contribution in [0.3, 0.4) is 0 Å². The fourth-order valence-corrected chi connectivity index (χ4v) is 5.03. The molecule has 168 valence electrons. The van der Waals surface area contributed by atoms with Crippen LogP contribution >= 0.6 is 0 Å². The molecule has 1 N–H and O–H groups in total. The molecule has 0 saturated carbocycles. The maximum Gasteiger partial charge on any atom is 0.198 e. The van der Waals surface area contributed by atoms with Crippen molar-refractivity contribution in [2.45, 2.75) is 40.0 Å². The molecular weight excluding hydrogens is 422 g/mol. The van der Waals surface area contributed by atoms with Crippen molar-refractivity contribution < 1.29 is 0 Å². The summed E-state index contributed by atoms with van der Waals surface area (Å²) in [7, 11) is 0.